The molecule has 0 amide bonds. The zero-order valence-corrected chi connectivity index (χ0v) is 17.4. The number of aliphatic carboxylic acids is 1. The normalized spacial score (nSPS) is 11.2. The topological polar surface area (TPSA) is 122 Å². The summed E-state index contributed by atoms with van der Waals surface area (Å²) in [6.45, 7) is 4.74. The van der Waals surface area contributed by atoms with Gasteiger partial charge >= 0.3 is 5.97 Å². The second-order valence-electron chi connectivity index (χ2n) is 7.75. The maximum absolute atomic E-state index is 11.1. The van der Waals surface area contributed by atoms with E-state index in [0.29, 0.717) is 24.1 Å². The van der Waals surface area contributed by atoms with Gasteiger partial charge in [-0.05, 0) is 27.8 Å². The molecule has 2 N–H and O–H groups in total. The number of rotatable bonds is 8. The van der Waals surface area contributed by atoms with Crippen molar-refractivity contribution in [3.05, 3.63) is 65.7 Å². The molecule has 0 saturated carbocycles. The Morgan fingerprint density at radius 2 is 1.84 bits per heavy atom. The van der Waals surface area contributed by atoms with Crippen molar-refractivity contribution in [3.8, 4) is 22.5 Å². The van der Waals surface area contributed by atoms with Crippen LogP contribution in [0.3, 0.4) is 0 Å². The first-order chi connectivity index (χ1) is 15.0. The van der Waals surface area contributed by atoms with Gasteiger partial charge in [0.2, 0.25) is 5.82 Å². The van der Waals surface area contributed by atoms with Crippen molar-refractivity contribution in [2.75, 3.05) is 0 Å². The van der Waals surface area contributed by atoms with Crippen LogP contribution in [-0.2, 0) is 24.2 Å². The molecular weight excluding hydrogens is 394 g/mol. The number of carboxylic acids is 1. The Hall–Kier alpha value is -3.88. The molecular formula is C22H23N7O2. The number of benzene rings is 2. The number of H-pyrrole nitrogens is 1. The van der Waals surface area contributed by atoms with Gasteiger partial charge in [0.15, 0.2) is 5.82 Å². The Labute approximate surface area is 179 Å². The molecule has 2 aromatic carbocycles. The summed E-state index contributed by atoms with van der Waals surface area (Å²) in [6, 6.07) is 16.1. The second-order valence-corrected chi connectivity index (χ2v) is 7.75. The Morgan fingerprint density at radius 1 is 1.10 bits per heavy atom. The maximum Gasteiger partial charge on any atom is 0.311 e. The van der Waals surface area contributed by atoms with Crippen LogP contribution >= 0.6 is 0 Å². The van der Waals surface area contributed by atoms with Gasteiger partial charge in [0.1, 0.15) is 12.2 Å². The smallest absolute Gasteiger partial charge is 0.311 e. The van der Waals surface area contributed by atoms with E-state index in [1.165, 1.54) is 0 Å². The predicted molar refractivity (Wildman–Crippen MR) is 114 cm³/mol. The van der Waals surface area contributed by atoms with E-state index in [0.717, 1.165) is 34.5 Å². The SMILES string of the molecule is CC(C)Cc1nc(CC(=O)O)nn1Cc1ccc(-c2ccccc2-c2nn[nH]n2)cc1. The molecule has 2 aromatic heterocycles. The first-order valence-corrected chi connectivity index (χ1v) is 10.1. The van der Waals surface area contributed by atoms with Gasteiger partial charge in [-0.25, -0.2) is 9.67 Å². The van der Waals surface area contributed by atoms with Gasteiger partial charge in [-0.2, -0.15) is 10.3 Å². The number of aromatic nitrogens is 7. The van der Waals surface area contributed by atoms with Gasteiger partial charge in [0.05, 0.1) is 6.54 Å². The van der Waals surface area contributed by atoms with Gasteiger partial charge < -0.3 is 5.11 Å². The minimum Gasteiger partial charge on any atom is -0.481 e. The van der Waals surface area contributed by atoms with Crippen LogP contribution in [0.4, 0.5) is 0 Å². The number of carbonyl (C=O) groups is 1. The number of carboxylic acid groups (broad SMARTS) is 1. The summed E-state index contributed by atoms with van der Waals surface area (Å²) in [7, 11) is 0. The molecule has 158 valence electrons. The number of hydrogen-bond donors (Lipinski definition) is 2. The third-order valence-corrected chi connectivity index (χ3v) is 4.80. The molecule has 4 aromatic rings. The molecule has 0 saturated heterocycles. The fraction of sp³-hybridized carbons (Fsp3) is 0.273. The van der Waals surface area contributed by atoms with Gasteiger partial charge in [-0.15, -0.1) is 10.2 Å². The summed E-state index contributed by atoms with van der Waals surface area (Å²) in [5.74, 6) is 1.15. The van der Waals surface area contributed by atoms with Crippen LogP contribution in [0.5, 0.6) is 0 Å². The fourth-order valence-electron chi connectivity index (χ4n) is 3.45. The average Bonchev–Trinajstić information content (AvgIpc) is 3.38. The van der Waals surface area contributed by atoms with Crippen molar-refractivity contribution in [3.63, 3.8) is 0 Å². The molecule has 0 aliphatic rings. The highest BCUT2D eigenvalue weighted by molar-refractivity contribution is 5.80. The van der Waals surface area contributed by atoms with Crippen molar-refractivity contribution in [1.29, 1.82) is 0 Å². The van der Waals surface area contributed by atoms with Crippen LogP contribution < -0.4 is 0 Å². The molecule has 0 fully saturated rings. The van der Waals surface area contributed by atoms with E-state index in [4.69, 9.17) is 5.11 Å². The van der Waals surface area contributed by atoms with Crippen molar-refractivity contribution >= 4 is 5.97 Å². The molecule has 0 aliphatic carbocycles. The van der Waals surface area contributed by atoms with E-state index in [-0.39, 0.29) is 6.42 Å². The molecule has 0 atom stereocenters. The predicted octanol–water partition coefficient (Wildman–Crippen LogP) is 3.00. The van der Waals surface area contributed by atoms with Crippen LogP contribution in [0.15, 0.2) is 48.5 Å². The summed E-state index contributed by atoms with van der Waals surface area (Å²) in [6.07, 6.45) is 0.562. The minimum atomic E-state index is -0.933. The van der Waals surface area contributed by atoms with Crippen molar-refractivity contribution in [1.82, 2.24) is 35.4 Å². The molecule has 9 nitrogen and oxygen atoms in total. The summed E-state index contributed by atoms with van der Waals surface area (Å²) in [5.41, 5.74) is 4.01. The summed E-state index contributed by atoms with van der Waals surface area (Å²) < 4.78 is 1.81. The van der Waals surface area contributed by atoms with E-state index in [2.05, 4.69) is 44.6 Å². The fourth-order valence-corrected chi connectivity index (χ4v) is 3.45. The molecule has 0 aliphatic heterocycles. The van der Waals surface area contributed by atoms with Gasteiger partial charge in [0.25, 0.3) is 0 Å². The number of aromatic amines is 1. The van der Waals surface area contributed by atoms with E-state index < -0.39 is 5.97 Å². The Balaban J connectivity index is 1.59. The van der Waals surface area contributed by atoms with E-state index >= 15 is 0 Å². The highest BCUT2D eigenvalue weighted by atomic mass is 16.4. The lowest BCUT2D eigenvalue weighted by Crippen LogP contribution is -2.09. The Kier molecular flexibility index (Phi) is 5.83. The zero-order valence-electron chi connectivity index (χ0n) is 17.4. The largest absolute Gasteiger partial charge is 0.481 e. The Morgan fingerprint density at radius 3 is 2.48 bits per heavy atom. The molecule has 31 heavy (non-hydrogen) atoms. The first kappa shape index (κ1) is 20.4. The molecule has 4 rings (SSSR count). The number of nitrogens with zero attached hydrogens (tertiary/aromatic N) is 6. The first-order valence-electron chi connectivity index (χ1n) is 10.1. The molecule has 0 bridgehead atoms. The van der Waals surface area contributed by atoms with E-state index in [9.17, 15) is 4.79 Å². The summed E-state index contributed by atoms with van der Waals surface area (Å²) in [4.78, 5) is 15.5. The number of tetrazole rings is 1. The average molecular weight is 417 g/mol. The molecule has 2 heterocycles. The lowest BCUT2D eigenvalue weighted by molar-refractivity contribution is -0.136. The third-order valence-electron chi connectivity index (χ3n) is 4.80. The Bertz CT molecular complexity index is 1170. The van der Waals surface area contributed by atoms with Crippen LogP contribution in [0.2, 0.25) is 0 Å². The maximum atomic E-state index is 11.1. The van der Waals surface area contributed by atoms with Gasteiger partial charge in [-0.3, -0.25) is 4.79 Å². The van der Waals surface area contributed by atoms with Crippen LogP contribution in [0.1, 0.15) is 31.1 Å². The molecule has 0 spiro atoms. The second kappa shape index (κ2) is 8.86. The quantitative estimate of drug-likeness (QED) is 0.452. The van der Waals surface area contributed by atoms with Crippen LogP contribution in [0.25, 0.3) is 22.5 Å². The highest BCUT2D eigenvalue weighted by Gasteiger charge is 2.15. The minimum absolute atomic E-state index is 0.177. The monoisotopic (exact) mass is 417 g/mol. The van der Waals surface area contributed by atoms with Crippen molar-refractivity contribution in [2.24, 2.45) is 5.92 Å². The molecule has 0 radical (unpaired) electrons. The van der Waals surface area contributed by atoms with Gasteiger partial charge in [0, 0.05) is 12.0 Å². The third kappa shape index (κ3) is 4.82. The van der Waals surface area contributed by atoms with Crippen LogP contribution in [0, 0.1) is 5.92 Å². The van der Waals surface area contributed by atoms with Crippen molar-refractivity contribution in [2.45, 2.75) is 33.2 Å². The number of nitrogens with one attached hydrogen (secondary N) is 1. The molecule has 0 unspecified atom stereocenters. The summed E-state index contributed by atoms with van der Waals surface area (Å²) >= 11 is 0. The molecule has 9 heteroatoms. The van der Waals surface area contributed by atoms with Crippen molar-refractivity contribution < 1.29 is 9.90 Å². The van der Waals surface area contributed by atoms with E-state index in [1.54, 1.807) is 4.68 Å². The lowest BCUT2D eigenvalue weighted by Gasteiger charge is -2.10. The standard InChI is InChI=1S/C22H23N7O2/c1-14(2)11-20-23-19(12-21(30)31)26-29(20)13-15-7-9-16(10-8-15)17-5-3-4-6-18(17)22-24-27-28-25-22/h3-10,14H,11-13H2,1-2H3,(H,30,31)(H,24,25,27,28). The lowest BCUT2D eigenvalue weighted by atomic mass is 9.98. The van der Waals surface area contributed by atoms with Crippen LogP contribution in [-0.4, -0.2) is 46.5 Å². The summed E-state index contributed by atoms with van der Waals surface area (Å²) in [5, 5.41) is 27.8. The zero-order chi connectivity index (χ0) is 21.8. The number of hydrogen-bond acceptors (Lipinski definition) is 6. The highest BCUT2D eigenvalue weighted by Crippen LogP contribution is 2.29. The van der Waals surface area contributed by atoms with E-state index in [1.807, 2.05) is 48.5 Å². The van der Waals surface area contributed by atoms with Gasteiger partial charge in [-0.1, -0.05) is 62.4 Å².